The molecule has 7 heteroatoms. The number of hydrogen-bond acceptors (Lipinski definition) is 6. The fourth-order valence-corrected chi connectivity index (χ4v) is 2.12. The predicted octanol–water partition coefficient (Wildman–Crippen LogP) is 2.47. The van der Waals surface area contributed by atoms with Gasteiger partial charge in [-0.05, 0) is 26.0 Å². The standard InChI is InChI=1S/C17H17N3O4/c1-11(18)16(12(2)21)15(22)10-24-17(23)13-8-19-20(9-13)14-6-4-3-5-7-14/h3-9,18,22H,10H2,1-2H3/b16-15-,18-11?. The molecule has 2 aromatic rings. The molecule has 1 heterocycles. The average molecular weight is 327 g/mol. The van der Waals surface area contributed by atoms with Crippen molar-refractivity contribution in [1.82, 2.24) is 9.78 Å². The van der Waals surface area contributed by atoms with Crippen molar-refractivity contribution < 1.29 is 19.4 Å². The number of allylic oxidation sites excluding steroid dienone is 1. The molecule has 0 saturated carbocycles. The van der Waals surface area contributed by atoms with Crippen LogP contribution in [0.4, 0.5) is 0 Å². The molecule has 0 amide bonds. The van der Waals surface area contributed by atoms with Crippen molar-refractivity contribution in [2.75, 3.05) is 6.61 Å². The smallest absolute Gasteiger partial charge is 0.341 e. The number of ketones is 1. The largest absolute Gasteiger partial charge is 0.508 e. The second kappa shape index (κ2) is 7.36. The van der Waals surface area contributed by atoms with Crippen LogP contribution < -0.4 is 0 Å². The molecule has 0 aliphatic rings. The van der Waals surface area contributed by atoms with Crippen LogP contribution in [0.3, 0.4) is 0 Å². The number of nitrogens with one attached hydrogen (secondary N) is 1. The van der Waals surface area contributed by atoms with E-state index in [1.54, 1.807) is 0 Å². The molecule has 0 fully saturated rings. The molecule has 1 aromatic carbocycles. The number of Topliss-reactive ketones (excluding diaryl/α,β-unsaturated/α-hetero) is 1. The van der Waals surface area contributed by atoms with Gasteiger partial charge < -0.3 is 15.3 Å². The number of carbonyl (C=O) groups excluding carboxylic acids is 2. The minimum atomic E-state index is -0.686. The normalized spacial score (nSPS) is 11.6. The number of carbonyl (C=O) groups is 2. The van der Waals surface area contributed by atoms with Crippen LogP contribution in [0.2, 0.25) is 0 Å². The van der Waals surface area contributed by atoms with E-state index in [2.05, 4.69) is 5.10 Å². The van der Waals surface area contributed by atoms with Gasteiger partial charge in [0.2, 0.25) is 0 Å². The van der Waals surface area contributed by atoms with Crippen LogP contribution in [0.5, 0.6) is 0 Å². The lowest BCUT2D eigenvalue weighted by Crippen LogP contribution is -2.15. The summed E-state index contributed by atoms with van der Waals surface area (Å²) in [5.41, 5.74) is 0.760. The highest BCUT2D eigenvalue weighted by Crippen LogP contribution is 2.10. The summed E-state index contributed by atoms with van der Waals surface area (Å²) in [5, 5.41) is 21.4. The predicted molar refractivity (Wildman–Crippen MR) is 87.6 cm³/mol. The van der Waals surface area contributed by atoms with Crippen molar-refractivity contribution >= 4 is 17.5 Å². The average Bonchev–Trinajstić information content (AvgIpc) is 3.03. The van der Waals surface area contributed by atoms with Gasteiger partial charge in [-0.1, -0.05) is 18.2 Å². The van der Waals surface area contributed by atoms with Gasteiger partial charge in [-0.25, -0.2) is 9.48 Å². The molecule has 0 saturated heterocycles. The number of aliphatic hydroxyl groups excluding tert-OH is 1. The maximum Gasteiger partial charge on any atom is 0.341 e. The molecule has 0 aliphatic carbocycles. The van der Waals surface area contributed by atoms with Gasteiger partial charge in [-0.15, -0.1) is 0 Å². The number of hydrogen-bond donors (Lipinski definition) is 2. The molecule has 124 valence electrons. The molecule has 1 aromatic heterocycles. The Morgan fingerprint density at radius 2 is 1.92 bits per heavy atom. The molecule has 0 aliphatic heterocycles. The van der Waals surface area contributed by atoms with Crippen molar-refractivity contribution in [2.24, 2.45) is 0 Å². The van der Waals surface area contributed by atoms with Crippen molar-refractivity contribution in [2.45, 2.75) is 13.8 Å². The second-order valence-corrected chi connectivity index (χ2v) is 5.09. The third kappa shape index (κ3) is 3.95. The summed E-state index contributed by atoms with van der Waals surface area (Å²) in [4.78, 5) is 23.4. The number of nitrogens with zero attached hydrogens (tertiary/aromatic N) is 2. The van der Waals surface area contributed by atoms with Crippen LogP contribution >= 0.6 is 0 Å². The van der Waals surface area contributed by atoms with Gasteiger partial charge in [0.15, 0.2) is 5.78 Å². The quantitative estimate of drug-likeness (QED) is 0.367. The third-order valence-electron chi connectivity index (χ3n) is 3.19. The van der Waals surface area contributed by atoms with Crippen LogP contribution in [0.25, 0.3) is 5.69 Å². The van der Waals surface area contributed by atoms with Gasteiger partial charge in [0.1, 0.15) is 12.4 Å². The molecule has 2 rings (SSSR count). The molecule has 24 heavy (non-hydrogen) atoms. The number of benzene rings is 1. The van der Waals surface area contributed by atoms with Gasteiger partial charge in [0.25, 0.3) is 0 Å². The number of aromatic nitrogens is 2. The molecular weight excluding hydrogens is 310 g/mol. The third-order valence-corrected chi connectivity index (χ3v) is 3.19. The number of esters is 1. The first-order valence-corrected chi connectivity index (χ1v) is 7.16. The summed E-state index contributed by atoms with van der Waals surface area (Å²) in [5.74, 6) is -1.60. The summed E-state index contributed by atoms with van der Waals surface area (Å²) in [6, 6.07) is 9.24. The van der Waals surface area contributed by atoms with Gasteiger partial charge in [0, 0.05) is 11.9 Å². The first-order valence-electron chi connectivity index (χ1n) is 7.16. The van der Waals surface area contributed by atoms with E-state index in [9.17, 15) is 14.7 Å². The Kier molecular flexibility index (Phi) is 5.26. The minimum Gasteiger partial charge on any atom is -0.508 e. The van der Waals surface area contributed by atoms with E-state index >= 15 is 0 Å². The van der Waals surface area contributed by atoms with Crippen molar-refractivity contribution in [1.29, 1.82) is 5.41 Å². The first-order chi connectivity index (χ1) is 11.4. The highest BCUT2D eigenvalue weighted by atomic mass is 16.5. The number of aliphatic hydroxyl groups is 1. The summed E-state index contributed by atoms with van der Waals surface area (Å²) in [6.45, 7) is 2.12. The van der Waals surface area contributed by atoms with Crippen molar-refractivity contribution in [3.63, 3.8) is 0 Å². The minimum absolute atomic E-state index is 0.0899. The lowest BCUT2D eigenvalue weighted by Gasteiger charge is -2.07. The van der Waals surface area contributed by atoms with Gasteiger partial charge >= 0.3 is 5.97 Å². The zero-order chi connectivity index (χ0) is 17.7. The molecule has 2 N–H and O–H groups in total. The van der Waals surface area contributed by atoms with E-state index in [-0.39, 0.29) is 16.8 Å². The van der Waals surface area contributed by atoms with E-state index in [1.165, 1.54) is 30.9 Å². The van der Waals surface area contributed by atoms with Crippen molar-refractivity contribution in [3.05, 3.63) is 59.6 Å². The Labute approximate surface area is 138 Å². The fraction of sp³-hybridized carbons (Fsp3) is 0.176. The SMILES string of the molecule is CC(=N)/C(C(C)=O)=C(/O)COC(=O)c1cnn(-c2ccccc2)c1. The Morgan fingerprint density at radius 3 is 2.50 bits per heavy atom. The molecule has 0 unspecified atom stereocenters. The maximum atomic E-state index is 12.0. The topological polar surface area (TPSA) is 105 Å². The molecular formula is C17H17N3O4. The van der Waals surface area contributed by atoms with Crippen LogP contribution in [-0.4, -0.2) is 39.0 Å². The lowest BCUT2D eigenvalue weighted by atomic mass is 10.1. The van der Waals surface area contributed by atoms with Gasteiger partial charge in [0.05, 0.1) is 23.0 Å². The lowest BCUT2D eigenvalue weighted by molar-refractivity contribution is -0.113. The first kappa shape index (κ1) is 17.1. The summed E-state index contributed by atoms with van der Waals surface area (Å²) in [6.07, 6.45) is 2.86. The molecule has 0 bridgehead atoms. The van der Waals surface area contributed by atoms with E-state index < -0.39 is 24.1 Å². The highest BCUT2D eigenvalue weighted by molar-refractivity contribution is 6.19. The van der Waals surface area contributed by atoms with Crippen LogP contribution in [0.15, 0.2) is 54.1 Å². The Bertz CT molecular complexity index is 790. The van der Waals surface area contributed by atoms with Crippen LogP contribution in [0, 0.1) is 5.41 Å². The molecule has 0 spiro atoms. The Morgan fingerprint density at radius 1 is 1.25 bits per heavy atom. The monoisotopic (exact) mass is 327 g/mol. The molecule has 7 nitrogen and oxygen atoms in total. The zero-order valence-electron chi connectivity index (χ0n) is 13.3. The highest BCUT2D eigenvalue weighted by Gasteiger charge is 2.16. The number of para-hydroxylation sites is 1. The number of ether oxygens (including phenoxy) is 1. The van der Waals surface area contributed by atoms with Gasteiger partial charge in [-0.3, -0.25) is 4.79 Å². The number of rotatable bonds is 6. The van der Waals surface area contributed by atoms with E-state index in [1.807, 2.05) is 30.3 Å². The van der Waals surface area contributed by atoms with E-state index in [4.69, 9.17) is 10.1 Å². The second-order valence-electron chi connectivity index (χ2n) is 5.09. The van der Waals surface area contributed by atoms with E-state index in [0.29, 0.717) is 0 Å². The summed E-state index contributed by atoms with van der Waals surface area (Å²) >= 11 is 0. The summed E-state index contributed by atoms with van der Waals surface area (Å²) in [7, 11) is 0. The molecule has 0 radical (unpaired) electrons. The summed E-state index contributed by atoms with van der Waals surface area (Å²) < 4.78 is 6.49. The zero-order valence-corrected chi connectivity index (χ0v) is 13.3. The van der Waals surface area contributed by atoms with Gasteiger partial charge in [-0.2, -0.15) is 5.10 Å². The van der Waals surface area contributed by atoms with Crippen LogP contribution in [-0.2, 0) is 9.53 Å². The van der Waals surface area contributed by atoms with Crippen LogP contribution in [0.1, 0.15) is 24.2 Å². The fourth-order valence-electron chi connectivity index (χ4n) is 2.12. The maximum absolute atomic E-state index is 12.0. The Hall–Kier alpha value is -3.22. The Balaban J connectivity index is 2.09. The van der Waals surface area contributed by atoms with E-state index in [0.717, 1.165) is 5.69 Å². The molecule has 0 atom stereocenters. The van der Waals surface area contributed by atoms with Crippen molar-refractivity contribution in [3.8, 4) is 5.69 Å².